The third-order valence-corrected chi connectivity index (χ3v) is 6.32. The van der Waals surface area contributed by atoms with Crippen LogP contribution < -0.4 is 16.0 Å². The molecule has 14 heteroatoms. The Hall–Kier alpha value is -5.01. The summed E-state index contributed by atoms with van der Waals surface area (Å²) in [6, 6.07) is 11.0. The number of carbonyl (C=O) groups excluding carboxylic acids is 4. The Bertz CT molecular complexity index is 1380. The maximum Gasteiger partial charge on any atom is 0.305 e. The van der Waals surface area contributed by atoms with Crippen molar-refractivity contribution in [1.82, 2.24) is 41.1 Å². The summed E-state index contributed by atoms with van der Waals surface area (Å²) in [4.78, 5) is 67.1. The average molecular weight is 579 g/mol. The lowest BCUT2D eigenvalue weighted by molar-refractivity contribution is -0.140. The zero-order valence-electron chi connectivity index (χ0n) is 23.6. The second-order valence-corrected chi connectivity index (χ2v) is 10.0. The molecule has 0 fully saturated rings. The van der Waals surface area contributed by atoms with Crippen LogP contribution in [0.25, 0.3) is 11.5 Å². The molecular formula is C28H34N8O6. The van der Waals surface area contributed by atoms with Crippen LogP contribution in [0.1, 0.15) is 39.2 Å². The average Bonchev–Trinajstić information content (AvgIpc) is 3.42. The highest BCUT2D eigenvalue weighted by atomic mass is 16.4. The number of carbonyl (C=O) groups is 5. The number of amides is 3. The minimum Gasteiger partial charge on any atom is -0.481 e. The monoisotopic (exact) mass is 578 g/mol. The molecule has 0 aliphatic rings. The SMILES string of the molecule is CC(C)[C@H](NC(=O)CCc1ccccc1)C(=O)N[C@@H](C)C(=O)NC(CC(=O)O)C(=O)Cn1nnnc1-c1ccccn1. The molecule has 0 radical (unpaired) electrons. The van der Waals surface area contributed by atoms with Crippen LogP contribution in [0.4, 0.5) is 0 Å². The normalized spacial score (nSPS) is 13.0. The molecule has 0 saturated carbocycles. The van der Waals surface area contributed by atoms with Crippen LogP contribution in [0.3, 0.4) is 0 Å². The molecule has 1 unspecified atom stereocenters. The molecule has 0 spiro atoms. The lowest BCUT2D eigenvalue weighted by atomic mass is 10.0. The molecule has 4 N–H and O–H groups in total. The standard InChI is InChI=1S/C28H34N8O6/c1-17(2)25(32-23(38)13-12-19-9-5-4-6-10-19)28(42)30-18(3)27(41)31-21(15-24(39)40)22(37)16-36-26(33-34-35-36)20-11-7-8-14-29-20/h4-11,14,17-18,21,25H,12-13,15-16H2,1-3H3,(H,30,42)(H,31,41)(H,32,38)(H,39,40)/t18-,21?,25-/m0/s1. The quantitative estimate of drug-likeness (QED) is 0.197. The van der Waals surface area contributed by atoms with Crippen molar-refractivity contribution in [2.75, 3.05) is 0 Å². The largest absolute Gasteiger partial charge is 0.481 e. The predicted molar refractivity (Wildman–Crippen MR) is 149 cm³/mol. The van der Waals surface area contributed by atoms with Gasteiger partial charge in [-0.2, -0.15) is 0 Å². The Morgan fingerprint density at radius 1 is 0.905 bits per heavy atom. The minimum absolute atomic E-state index is 0.179. The zero-order chi connectivity index (χ0) is 30.6. The van der Waals surface area contributed by atoms with Crippen molar-refractivity contribution < 1.29 is 29.1 Å². The topological polar surface area (TPSA) is 198 Å². The number of Topliss-reactive ketones (excluding diaryl/α,β-unsaturated/α-hetero) is 1. The summed E-state index contributed by atoms with van der Waals surface area (Å²) >= 11 is 0. The van der Waals surface area contributed by atoms with Gasteiger partial charge in [0, 0.05) is 12.6 Å². The van der Waals surface area contributed by atoms with Gasteiger partial charge in [0.05, 0.1) is 12.5 Å². The first kappa shape index (κ1) is 31.5. The molecule has 3 amide bonds. The van der Waals surface area contributed by atoms with E-state index in [1.807, 2.05) is 30.3 Å². The highest BCUT2D eigenvalue weighted by Gasteiger charge is 2.30. The Balaban J connectivity index is 1.60. The highest BCUT2D eigenvalue weighted by molar-refractivity contribution is 5.95. The molecule has 1 aromatic carbocycles. The zero-order valence-corrected chi connectivity index (χ0v) is 23.6. The number of benzene rings is 1. The smallest absolute Gasteiger partial charge is 0.305 e. The molecular weight excluding hydrogens is 544 g/mol. The van der Waals surface area contributed by atoms with E-state index in [1.165, 1.54) is 13.1 Å². The molecule has 0 aliphatic carbocycles. The van der Waals surface area contributed by atoms with Gasteiger partial charge in [-0.05, 0) is 47.4 Å². The van der Waals surface area contributed by atoms with E-state index in [9.17, 15) is 29.1 Å². The highest BCUT2D eigenvalue weighted by Crippen LogP contribution is 2.12. The number of aliphatic carboxylic acids is 1. The lowest BCUT2D eigenvalue weighted by Gasteiger charge is -2.25. The number of hydrogen-bond donors (Lipinski definition) is 4. The molecule has 222 valence electrons. The van der Waals surface area contributed by atoms with E-state index in [0.29, 0.717) is 12.1 Å². The van der Waals surface area contributed by atoms with E-state index in [-0.39, 0.29) is 24.1 Å². The number of carboxylic acids is 1. The van der Waals surface area contributed by atoms with Gasteiger partial charge in [-0.3, -0.25) is 29.0 Å². The van der Waals surface area contributed by atoms with Crippen LogP contribution in [-0.2, 0) is 36.9 Å². The number of tetrazole rings is 1. The van der Waals surface area contributed by atoms with Crippen molar-refractivity contribution in [3.05, 3.63) is 60.3 Å². The van der Waals surface area contributed by atoms with Crippen LogP contribution in [0.15, 0.2) is 54.7 Å². The van der Waals surface area contributed by atoms with Gasteiger partial charge in [0.2, 0.25) is 23.5 Å². The Morgan fingerprint density at radius 2 is 1.62 bits per heavy atom. The van der Waals surface area contributed by atoms with Crippen molar-refractivity contribution in [3.8, 4) is 11.5 Å². The third kappa shape index (κ3) is 9.28. The van der Waals surface area contributed by atoms with Crippen LogP contribution in [-0.4, -0.2) is 77.9 Å². The number of rotatable bonds is 15. The second kappa shape index (κ2) is 15.1. The summed E-state index contributed by atoms with van der Waals surface area (Å²) in [5.41, 5.74) is 1.39. The third-order valence-electron chi connectivity index (χ3n) is 6.32. The molecule has 0 bridgehead atoms. The van der Waals surface area contributed by atoms with Crippen molar-refractivity contribution in [2.24, 2.45) is 5.92 Å². The Labute approximate surface area is 242 Å². The van der Waals surface area contributed by atoms with E-state index in [1.54, 1.807) is 32.0 Å². The number of aromatic nitrogens is 5. The summed E-state index contributed by atoms with van der Waals surface area (Å²) in [5, 5.41) is 28.2. The summed E-state index contributed by atoms with van der Waals surface area (Å²) in [6.45, 7) is 4.48. The number of nitrogens with one attached hydrogen (secondary N) is 3. The fourth-order valence-electron chi connectivity index (χ4n) is 4.02. The number of nitrogens with zero attached hydrogens (tertiary/aromatic N) is 5. The first-order valence-electron chi connectivity index (χ1n) is 13.4. The van der Waals surface area contributed by atoms with Crippen LogP contribution in [0, 0.1) is 5.92 Å². The maximum absolute atomic E-state index is 13.0. The number of hydrogen-bond acceptors (Lipinski definition) is 9. The summed E-state index contributed by atoms with van der Waals surface area (Å²) < 4.78 is 1.16. The minimum atomic E-state index is -1.42. The fourth-order valence-corrected chi connectivity index (χ4v) is 4.02. The number of aryl methyl sites for hydroxylation is 1. The Kier molecular flexibility index (Phi) is 11.3. The van der Waals surface area contributed by atoms with E-state index >= 15 is 0 Å². The Morgan fingerprint density at radius 3 is 2.26 bits per heavy atom. The molecule has 2 heterocycles. The van der Waals surface area contributed by atoms with Crippen LogP contribution in [0.5, 0.6) is 0 Å². The predicted octanol–water partition coefficient (Wildman–Crippen LogP) is 0.542. The molecule has 0 saturated heterocycles. The van der Waals surface area contributed by atoms with Crippen molar-refractivity contribution in [1.29, 1.82) is 0 Å². The van der Waals surface area contributed by atoms with E-state index in [4.69, 9.17) is 0 Å². The molecule has 2 aromatic heterocycles. The summed E-state index contributed by atoms with van der Waals surface area (Å²) in [6.07, 6.45) is 1.52. The van der Waals surface area contributed by atoms with Gasteiger partial charge in [0.15, 0.2) is 5.78 Å². The molecule has 0 aliphatic heterocycles. The van der Waals surface area contributed by atoms with Crippen LogP contribution in [0.2, 0.25) is 0 Å². The van der Waals surface area contributed by atoms with Gasteiger partial charge < -0.3 is 21.1 Å². The van der Waals surface area contributed by atoms with Crippen molar-refractivity contribution in [2.45, 2.75) is 64.7 Å². The summed E-state index contributed by atoms with van der Waals surface area (Å²) in [7, 11) is 0. The summed E-state index contributed by atoms with van der Waals surface area (Å²) in [5.74, 6) is -3.75. The molecule has 3 rings (SSSR count). The van der Waals surface area contributed by atoms with Gasteiger partial charge in [-0.1, -0.05) is 50.2 Å². The molecule has 14 nitrogen and oxygen atoms in total. The van der Waals surface area contributed by atoms with E-state index in [0.717, 1.165) is 10.2 Å². The van der Waals surface area contributed by atoms with Gasteiger partial charge >= 0.3 is 5.97 Å². The lowest BCUT2D eigenvalue weighted by Crippen LogP contribution is -2.56. The first-order valence-corrected chi connectivity index (χ1v) is 13.4. The second-order valence-electron chi connectivity index (χ2n) is 10.0. The number of carboxylic acid groups (broad SMARTS) is 1. The van der Waals surface area contributed by atoms with Gasteiger partial charge in [0.1, 0.15) is 24.3 Å². The van der Waals surface area contributed by atoms with Crippen molar-refractivity contribution >= 4 is 29.5 Å². The van der Waals surface area contributed by atoms with Crippen molar-refractivity contribution in [3.63, 3.8) is 0 Å². The van der Waals surface area contributed by atoms with Crippen LogP contribution >= 0.6 is 0 Å². The number of pyridine rings is 1. The first-order chi connectivity index (χ1) is 20.0. The maximum atomic E-state index is 13.0. The fraction of sp³-hybridized carbons (Fsp3) is 0.393. The molecule has 42 heavy (non-hydrogen) atoms. The van der Waals surface area contributed by atoms with E-state index < -0.39 is 54.7 Å². The van der Waals surface area contributed by atoms with E-state index in [2.05, 4.69) is 36.5 Å². The van der Waals surface area contributed by atoms with Gasteiger partial charge in [0.25, 0.3) is 0 Å². The number of ketones is 1. The molecule has 3 aromatic rings. The van der Waals surface area contributed by atoms with Gasteiger partial charge in [-0.25, -0.2) is 4.68 Å². The van der Waals surface area contributed by atoms with Gasteiger partial charge in [-0.15, -0.1) is 5.10 Å². The molecule has 3 atom stereocenters.